The van der Waals surface area contributed by atoms with E-state index in [4.69, 9.17) is 0 Å². The van der Waals surface area contributed by atoms with Gasteiger partial charge in [0.25, 0.3) is 0 Å². The van der Waals surface area contributed by atoms with Crippen molar-refractivity contribution in [1.82, 2.24) is 4.90 Å². The molecule has 1 aromatic rings. The largest absolute Gasteiger partial charge is 0.293 e. The van der Waals surface area contributed by atoms with Crippen LogP contribution in [0.15, 0.2) is 18.2 Å². The van der Waals surface area contributed by atoms with Crippen LogP contribution in [0.2, 0.25) is 0 Å². The highest BCUT2D eigenvalue weighted by atomic mass is 32.2. The van der Waals surface area contributed by atoms with Crippen LogP contribution in [-0.2, 0) is 0 Å². The predicted octanol–water partition coefficient (Wildman–Crippen LogP) is 2.97. The minimum absolute atomic E-state index is 0.0357. The van der Waals surface area contributed by atoms with E-state index in [0.717, 1.165) is 30.1 Å². The fourth-order valence-corrected chi connectivity index (χ4v) is 3.54. The average molecular weight is 285 g/mol. The summed E-state index contributed by atoms with van der Waals surface area (Å²) in [7, 11) is 1.89. The summed E-state index contributed by atoms with van der Waals surface area (Å²) in [5.74, 6) is 0.353. The topological polar surface area (TPSA) is 20.3 Å². The Morgan fingerprint density at radius 2 is 2.21 bits per heavy atom. The van der Waals surface area contributed by atoms with Gasteiger partial charge in [-0.15, -0.1) is 0 Å². The lowest BCUT2D eigenvalue weighted by molar-refractivity contribution is 0.0826. The first-order valence-corrected chi connectivity index (χ1v) is 7.45. The van der Waals surface area contributed by atoms with E-state index in [1.165, 1.54) is 6.07 Å². The van der Waals surface area contributed by atoms with Gasteiger partial charge in [-0.2, -0.15) is 11.8 Å². The molecule has 5 heteroatoms. The van der Waals surface area contributed by atoms with Crippen molar-refractivity contribution in [2.24, 2.45) is 0 Å². The summed E-state index contributed by atoms with van der Waals surface area (Å²) < 4.78 is 26.5. The fraction of sp³-hybridized carbons (Fsp3) is 0.500. The molecule has 2 rings (SSSR count). The van der Waals surface area contributed by atoms with Gasteiger partial charge in [0.15, 0.2) is 5.78 Å². The normalized spacial score (nSPS) is 20.8. The van der Waals surface area contributed by atoms with E-state index >= 15 is 0 Å². The maximum Gasteiger partial charge on any atom is 0.182 e. The molecule has 1 saturated heterocycles. The molecule has 0 aromatic heterocycles. The number of nitrogens with zero attached hydrogens (tertiary/aromatic N) is 1. The summed E-state index contributed by atoms with van der Waals surface area (Å²) in [5.41, 5.74) is -0.0357. The molecule has 2 unspecified atom stereocenters. The van der Waals surface area contributed by atoms with E-state index in [1.54, 1.807) is 6.92 Å². The Labute approximate surface area is 116 Å². The Morgan fingerprint density at radius 3 is 2.79 bits per heavy atom. The second-order valence-corrected chi connectivity index (χ2v) is 6.00. The van der Waals surface area contributed by atoms with Gasteiger partial charge in [-0.1, -0.05) is 0 Å². The SMILES string of the molecule is CC(C(=O)c1ccc(F)cc1F)N(C)C1CCSC1. The molecule has 104 valence electrons. The summed E-state index contributed by atoms with van der Waals surface area (Å²) in [6.07, 6.45) is 1.05. The number of benzene rings is 1. The van der Waals surface area contributed by atoms with Crippen LogP contribution in [0.4, 0.5) is 8.78 Å². The van der Waals surface area contributed by atoms with Crippen LogP contribution in [0.5, 0.6) is 0 Å². The predicted molar refractivity (Wildman–Crippen MR) is 73.6 cm³/mol. The van der Waals surface area contributed by atoms with Crippen LogP contribution in [-0.4, -0.2) is 41.3 Å². The van der Waals surface area contributed by atoms with Crippen LogP contribution in [0.1, 0.15) is 23.7 Å². The van der Waals surface area contributed by atoms with E-state index in [1.807, 2.05) is 23.7 Å². The summed E-state index contributed by atoms with van der Waals surface area (Å²) in [6.45, 7) is 1.77. The average Bonchev–Trinajstić information content (AvgIpc) is 2.90. The number of ketones is 1. The molecule has 2 nitrogen and oxygen atoms in total. The zero-order valence-corrected chi connectivity index (χ0v) is 11.8. The van der Waals surface area contributed by atoms with Crippen molar-refractivity contribution in [3.05, 3.63) is 35.4 Å². The van der Waals surface area contributed by atoms with E-state index in [2.05, 4.69) is 0 Å². The number of halogens is 2. The first kappa shape index (κ1) is 14.5. The molecule has 19 heavy (non-hydrogen) atoms. The van der Waals surface area contributed by atoms with Crippen molar-refractivity contribution in [1.29, 1.82) is 0 Å². The van der Waals surface area contributed by atoms with Crippen molar-refractivity contribution >= 4 is 17.5 Å². The first-order valence-electron chi connectivity index (χ1n) is 6.29. The van der Waals surface area contributed by atoms with Gasteiger partial charge in [0.05, 0.1) is 11.6 Å². The van der Waals surface area contributed by atoms with Gasteiger partial charge in [-0.05, 0) is 38.3 Å². The number of likely N-dealkylation sites (N-methyl/N-ethyl adjacent to an activating group) is 1. The molecular formula is C14H17F2NOS. The van der Waals surface area contributed by atoms with Gasteiger partial charge < -0.3 is 0 Å². The lowest BCUT2D eigenvalue weighted by atomic mass is 10.0. The van der Waals surface area contributed by atoms with E-state index in [9.17, 15) is 13.6 Å². The third-order valence-electron chi connectivity index (χ3n) is 3.67. The molecule has 0 amide bonds. The minimum Gasteiger partial charge on any atom is -0.293 e. The molecule has 0 aliphatic carbocycles. The maximum absolute atomic E-state index is 13.6. The Morgan fingerprint density at radius 1 is 1.47 bits per heavy atom. The fourth-order valence-electron chi connectivity index (χ4n) is 2.26. The van der Waals surface area contributed by atoms with Crippen molar-refractivity contribution in [3.8, 4) is 0 Å². The van der Waals surface area contributed by atoms with Crippen molar-refractivity contribution in [3.63, 3.8) is 0 Å². The highest BCUT2D eigenvalue weighted by molar-refractivity contribution is 7.99. The molecule has 0 N–H and O–H groups in total. The monoisotopic (exact) mass is 285 g/mol. The van der Waals surface area contributed by atoms with Crippen LogP contribution < -0.4 is 0 Å². The third-order valence-corrected chi connectivity index (χ3v) is 4.81. The Balaban J connectivity index is 2.13. The number of hydrogen-bond acceptors (Lipinski definition) is 3. The highest BCUT2D eigenvalue weighted by Crippen LogP contribution is 2.24. The van der Waals surface area contributed by atoms with Gasteiger partial charge in [0.2, 0.25) is 0 Å². The molecule has 0 saturated carbocycles. The molecule has 2 atom stereocenters. The number of carbonyl (C=O) groups excluding carboxylic acids is 1. The zero-order chi connectivity index (χ0) is 14.0. The molecule has 1 aromatic carbocycles. The van der Waals surface area contributed by atoms with Crippen molar-refractivity contribution in [2.75, 3.05) is 18.6 Å². The summed E-state index contributed by atoms with van der Waals surface area (Å²) in [5, 5.41) is 0. The summed E-state index contributed by atoms with van der Waals surface area (Å²) in [6, 6.07) is 3.05. The maximum atomic E-state index is 13.6. The van der Waals surface area contributed by atoms with Crippen LogP contribution in [0, 0.1) is 11.6 Å². The van der Waals surface area contributed by atoms with Gasteiger partial charge in [0, 0.05) is 17.9 Å². The molecule has 0 bridgehead atoms. The quantitative estimate of drug-likeness (QED) is 0.793. The van der Waals surface area contributed by atoms with Crippen molar-refractivity contribution in [2.45, 2.75) is 25.4 Å². The molecule has 1 aliphatic heterocycles. The van der Waals surface area contributed by atoms with E-state index in [-0.39, 0.29) is 11.3 Å². The molecule has 0 radical (unpaired) electrons. The Bertz CT molecular complexity index is 475. The third kappa shape index (κ3) is 3.15. The number of thioether (sulfide) groups is 1. The van der Waals surface area contributed by atoms with Crippen LogP contribution in [0.3, 0.4) is 0 Å². The summed E-state index contributed by atoms with van der Waals surface area (Å²) >= 11 is 1.86. The lowest BCUT2D eigenvalue weighted by Gasteiger charge is -2.29. The van der Waals surface area contributed by atoms with Crippen molar-refractivity contribution < 1.29 is 13.6 Å². The number of hydrogen-bond donors (Lipinski definition) is 0. The first-order chi connectivity index (χ1) is 9.00. The standard InChI is InChI=1S/C14H17F2NOS/c1-9(17(2)11-5-6-19-8-11)14(18)12-4-3-10(15)7-13(12)16/h3-4,7,9,11H,5-6,8H2,1-2H3. The second-order valence-electron chi connectivity index (χ2n) is 4.85. The van der Waals surface area contributed by atoms with Gasteiger partial charge in [-0.25, -0.2) is 8.78 Å². The highest BCUT2D eigenvalue weighted by Gasteiger charge is 2.29. The number of carbonyl (C=O) groups is 1. The molecular weight excluding hydrogens is 268 g/mol. The van der Waals surface area contributed by atoms with E-state index in [0.29, 0.717) is 6.04 Å². The van der Waals surface area contributed by atoms with Gasteiger partial charge in [-0.3, -0.25) is 9.69 Å². The summed E-state index contributed by atoms with van der Waals surface area (Å²) in [4.78, 5) is 14.3. The lowest BCUT2D eigenvalue weighted by Crippen LogP contribution is -2.43. The van der Waals surface area contributed by atoms with Gasteiger partial charge in [0.1, 0.15) is 11.6 Å². The Hall–Kier alpha value is -0.940. The Kier molecular flexibility index (Phi) is 4.58. The minimum atomic E-state index is -0.786. The molecule has 1 fully saturated rings. The van der Waals surface area contributed by atoms with Crippen LogP contribution >= 0.6 is 11.8 Å². The molecule has 1 heterocycles. The smallest absolute Gasteiger partial charge is 0.182 e. The molecule has 1 aliphatic rings. The molecule has 0 spiro atoms. The number of rotatable bonds is 4. The van der Waals surface area contributed by atoms with Gasteiger partial charge >= 0.3 is 0 Å². The zero-order valence-electron chi connectivity index (χ0n) is 11.0. The van der Waals surface area contributed by atoms with E-state index < -0.39 is 17.7 Å². The number of Topliss-reactive ketones (excluding diaryl/α,β-unsaturated/α-hetero) is 1. The van der Waals surface area contributed by atoms with Crippen LogP contribution in [0.25, 0.3) is 0 Å². The second kappa shape index (κ2) is 6.01.